The molecule has 1 aromatic rings. The van der Waals surface area contributed by atoms with E-state index in [1.54, 1.807) is 6.92 Å². The summed E-state index contributed by atoms with van der Waals surface area (Å²) in [6, 6.07) is 5.80. The van der Waals surface area contributed by atoms with Gasteiger partial charge in [0.1, 0.15) is 0 Å². The van der Waals surface area contributed by atoms with Crippen LogP contribution in [0.3, 0.4) is 0 Å². The van der Waals surface area contributed by atoms with Gasteiger partial charge in [0.05, 0.1) is 0 Å². The molecule has 0 bridgehead atoms. The Bertz CT molecular complexity index is 353. The lowest BCUT2D eigenvalue weighted by Gasteiger charge is -2.04. The van der Waals surface area contributed by atoms with Crippen LogP contribution in [-0.2, 0) is 0 Å². The molecular weight excluding hydrogens is 162 g/mol. The average Bonchev–Trinajstić information content (AvgIpc) is 2.87. The van der Waals surface area contributed by atoms with Gasteiger partial charge in [0.25, 0.3) is 0 Å². The SMILES string of the molecule is CC(=O)c1cc(C2CC2)ccc1N. The fourth-order valence-corrected chi connectivity index (χ4v) is 1.55. The summed E-state index contributed by atoms with van der Waals surface area (Å²) in [4.78, 5) is 11.2. The molecule has 0 aromatic heterocycles. The summed E-state index contributed by atoms with van der Waals surface area (Å²) in [6.07, 6.45) is 2.50. The van der Waals surface area contributed by atoms with Gasteiger partial charge in [-0.15, -0.1) is 0 Å². The van der Waals surface area contributed by atoms with Gasteiger partial charge in [0.2, 0.25) is 0 Å². The van der Waals surface area contributed by atoms with Gasteiger partial charge in [-0.2, -0.15) is 0 Å². The number of carbonyl (C=O) groups excluding carboxylic acids is 1. The van der Waals surface area contributed by atoms with Crippen LogP contribution < -0.4 is 5.73 Å². The highest BCUT2D eigenvalue weighted by molar-refractivity contribution is 5.99. The zero-order chi connectivity index (χ0) is 9.42. The molecule has 2 heteroatoms. The molecule has 1 fully saturated rings. The van der Waals surface area contributed by atoms with E-state index >= 15 is 0 Å². The molecule has 0 heterocycles. The Labute approximate surface area is 77.8 Å². The highest BCUT2D eigenvalue weighted by Gasteiger charge is 2.24. The van der Waals surface area contributed by atoms with E-state index in [9.17, 15) is 4.79 Å². The number of nitrogens with two attached hydrogens (primary N) is 1. The van der Waals surface area contributed by atoms with Gasteiger partial charge in [0.15, 0.2) is 5.78 Å². The van der Waals surface area contributed by atoms with Crippen LogP contribution in [0.4, 0.5) is 5.69 Å². The fourth-order valence-electron chi connectivity index (χ4n) is 1.55. The van der Waals surface area contributed by atoms with E-state index in [0.29, 0.717) is 17.2 Å². The van der Waals surface area contributed by atoms with Crippen LogP contribution in [0.25, 0.3) is 0 Å². The normalized spacial score (nSPS) is 15.8. The minimum atomic E-state index is 0.0556. The summed E-state index contributed by atoms with van der Waals surface area (Å²) in [6.45, 7) is 1.56. The van der Waals surface area contributed by atoms with Crippen LogP contribution in [0.15, 0.2) is 18.2 Å². The van der Waals surface area contributed by atoms with Crippen molar-refractivity contribution in [2.45, 2.75) is 25.7 Å². The van der Waals surface area contributed by atoms with E-state index in [2.05, 4.69) is 0 Å². The summed E-state index contributed by atoms with van der Waals surface area (Å²) < 4.78 is 0. The van der Waals surface area contributed by atoms with Crippen molar-refractivity contribution in [3.63, 3.8) is 0 Å². The van der Waals surface area contributed by atoms with E-state index in [4.69, 9.17) is 5.73 Å². The number of anilines is 1. The molecule has 1 aliphatic carbocycles. The second kappa shape index (κ2) is 2.87. The first kappa shape index (κ1) is 8.30. The van der Waals surface area contributed by atoms with Crippen molar-refractivity contribution in [2.75, 3.05) is 5.73 Å². The molecular formula is C11H13NO. The van der Waals surface area contributed by atoms with Crippen LogP contribution in [0.5, 0.6) is 0 Å². The third-order valence-corrected chi connectivity index (χ3v) is 2.51. The summed E-state index contributed by atoms with van der Waals surface area (Å²) in [7, 11) is 0. The lowest BCUT2D eigenvalue weighted by atomic mass is 10.0. The lowest BCUT2D eigenvalue weighted by Crippen LogP contribution is -2.00. The van der Waals surface area contributed by atoms with E-state index in [1.807, 2.05) is 18.2 Å². The first-order chi connectivity index (χ1) is 6.18. The minimum absolute atomic E-state index is 0.0556. The van der Waals surface area contributed by atoms with Crippen LogP contribution in [-0.4, -0.2) is 5.78 Å². The second-order valence-corrected chi connectivity index (χ2v) is 3.68. The third-order valence-electron chi connectivity index (χ3n) is 2.51. The molecule has 0 aliphatic heterocycles. The van der Waals surface area contributed by atoms with Crippen molar-refractivity contribution in [1.82, 2.24) is 0 Å². The molecule has 1 saturated carbocycles. The number of ketones is 1. The fraction of sp³-hybridized carbons (Fsp3) is 0.364. The molecule has 2 nitrogen and oxygen atoms in total. The number of nitrogen functional groups attached to an aromatic ring is 1. The number of hydrogen-bond donors (Lipinski definition) is 1. The standard InChI is InChI=1S/C11H13NO/c1-7(13)10-6-9(8-2-3-8)4-5-11(10)12/h4-6,8H,2-3,12H2,1H3. The third kappa shape index (κ3) is 1.57. The maximum absolute atomic E-state index is 11.2. The highest BCUT2D eigenvalue weighted by atomic mass is 16.1. The van der Waals surface area contributed by atoms with E-state index in [0.717, 1.165) is 0 Å². The van der Waals surface area contributed by atoms with Gasteiger partial charge in [-0.3, -0.25) is 4.79 Å². The first-order valence-electron chi connectivity index (χ1n) is 4.59. The van der Waals surface area contributed by atoms with Crippen molar-refractivity contribution in [1.29, 1.82) is 0 Å². The van der Waals surface area contributed by atoms with Crippen LogP contribution in [0.2, 0.25) is 0 Å². The molecule has 0 unspecified atom stereocenters. The minimum Gasteiger partial charge on any atom is -0.398 e. The number of carbonyl (C=O) groups is 1. The maximum atomic E-state index is 11.2. The predicted octanol–water partition coefficient (Wildman–Crippen LogP) is 2.35. The molecule has 0 radical (unpaired) electrons. The van der Waals surface area contributed by atoms with Crippen molar-refractivity contribution in [3.8, 4) is 0 Å². The van der Waals surface area contributed by atoms with Crippen LogP contribution in [0, 0.1) is 0 Å². The second-order valence-electron chi connectivity index (χ2n) is 3.68. The molecule has 2 rings (SSSR count). The zero-order valence-electron chi connectivity index (χ0n) is 7.71. The number of Topliss-reactive ketones (excluding diaryl/α,β-unsaturated/α-hetero) is 1. The van der Waals surface area contributed by atoms with E-state index in [-0.39, 0.29) is 5.78 Å². The highest BCUT2D eigenvalue weighted by Crippen LogP contribution is 2.40. The van der Waals surface area contributed by atoms with E-state index < -0.39 is 0 Å². The predicted molar refractivity (Wildman–Crippen MR) is 52.8 cm³/mol. The number of benzene rings is 1. The zero-order valence-corrected chi connectivity index (χ0v) is 7.71. The van der Waals surface area contributed by atoms with E-state index in [1.165, 1.54) is 18.4 Å². The monoisotopic (exact) mass is 175 g/mol. The van der Waals surface area contributed by atoms with Crippen LogP contribution in [0.1, 0.15) is 41.6 Å². The number of hydrogen-bond acceptors (Lipinski definition) is 2. The molecule has 13 heavy (non-hydrogen) atoms. The molecule has 1 aromatic carbocycles. The Hall–Kier alpha value is -1.31. The molecule has 0 saturated heterocycles. The molecule has 0 spiro atoms. The van der Waals surface area contributed by atoms with Crippen molar-refractivity contribution >= 4 is 11.5 Å². The van der Waals surface area contributed by atoms with Gasteiger partial charge >= 0.3 is 0 Å². The van der Waals surface area contributed by atoms with Crippen molar-refractivity contribution < 1.29 is 4.79 Å². The van der Waals surface area contributed by atoms with Crippen molar-refractivity contribution in [2.24, 2.45) is 0 Å². The number of rotatable bonds is 2. The Morgan fingerprint density at radius 1 is 1.46 bits per heavy atom. The summed E-state index contributed by atoms with van der Waals surface area (Å²) in [5, 5.41) is 0. The Balaban J connectivity index is 2.41. The Kier molecular flexibility index (Phi) is 1.83. The molecule has 0 amide bonds. The summed E-state index contributed by atoms with van der Waals surface area (Å²) in [5.41, 5.74) is 8.22. The van der Waals surface area contributed by atoms with Gasteiger partial charge in [-0.25, -0.2) is 0 Å². The largest absolute Gasteiger partial charge is 0.398 e. The Morgan fingerprint density at radius 2 is 2.15 bits per heavy atom. The van der Waals surface area contributed by atoms with Crippen molar-refractivity contribution in [3.05, 3.63) is 29.3 Å². The Morgan fingerprint density at radius 3 is 2.69 bits per heavy atom. The molecule has 68 valence electrons. The summed E-state index contributed by atoms with van der Waals surface area (Å²) in [5.74, 6) is 0.735. The van der Waals surface area contributed by atoms with Gasteiger partial charge in [-0.05, 0) is 43.4 Å². The molecule has 2 N–H and O–H groups in total. The topological polar surface area (TPSA) is 43.1 Å². The average molecular weight is 175 g/mol. The smallest absolute Gasteiger partial charge is 0.161 e. The quantitative estimate of drug-likeness (QED) is 0.553. The first-order valence-corrected chi connectivity index (χ1v) is 4.59. The van der Waals surface area contributed by atoms with Gasteiger partial charge in [0, 0.05) is 11.3 Å². The summed E-state index contributed by atoms with van der Waals surface area (Å²) >= 11 is 0. The molecule has 0 atom stereocenters. The van der Waals surface area contributed by atoms with Gasteiger partial charge in [-0.1, -0.05) is 6.07 Å². The van der Waals surface area contributed by atoms with Crippen LogP contribution >= 0.6 is 0 Å². The molecule has 1 aliphatic rings. The lowest BCUT2D eigenvalue weighted by molar-refractivity contribution is 0.101. The van der Waals surface area contributed by atoms with Gasteiger partial charge < -0.3 is 5.73 Å². The maximum Gasteiger partial charge on any atom is 0.161 e.